The molecule has 0 atom stereocenters. The minimum atomic E-state index is 0.777. The number of pyridine rings is 1. The second kappa shape index (κ2) is 6.12. The maximum absolute atomic E-state index is 4.89. The molecule has 0 bridgehead atoms. The van der Waals surface area contributed by atoms with Crippen LogP contribution < -0.4 is 0 Å². The monoisotopic (exact) mass is 335 g/mol. The van der Waals surface area contributed by atoms with Crippen LogP contribution in [0.3, 0.4) is 0 Å². The topological polar surface area (TPSA) is 30.7 Å². The first-order valence-electron chi connectivity index (χ1n) is 8.72. The minimum absolute atomic E-state index is 0.777. The van der Waals surface area contributed by atoms with Crippen molar-refractivity contribution in [2.75, 3.05) is 0 Å². The number of hydrogen-bond acceptors (Lipinski definition) is 2. The highest BCUT2D eigenvalue weighted by molar-refractivity contribution is 5.86. The average molecular weight is 335 g/mol. The normalized spacial score (nSPS) is 11.2. The molecule has 0 aliphatic rings. The summed E-state index contributed by atoms with van der Waals surface area (Å²) in [6, 6.07) is 27.4. The molecule has 5 rings (SSSR count). The van der Waals surface area contributed by atoms with Gasteiger partial charge < -0.3 is 4.57 Å². The molecule has 124 valence electrons. The molecule has 0 aliphatic heterocycles. The molecule has 3 nitrogen and oxygen atoms in total. The third-order valence-corrected chi connectivity index (χ3v) is 4.80. The zero-order valence-electron chi connectivity index (χ0n) is 14.2. The van der Waals surface area contributed by atoms with E-state index in [9.17, 15) is 0 Å². The number of imidazole rings is 1. The molecule has 3 heteroatoms. The highest BCUT2D eigenvalue weighted by Gasteiger charge is 2.13. The molecule has 2 aromatic heterocycles. The number of hydrogen-bond donors (Lipinski definition) is 0. The quantitative estimate of drug-likeness (QED) is 0.448. The van der Waals surface area contributed by atoms with Crippen molar-refractivity contribution in [3.8, 4) is 11.4 Å². The van der Waals surface area contributed by atoms with Crippen molar-refractivity contribution in [1.29, 1.82) is 0 Å². The smallest absolute Gasteiger partial charge is 0.141 e. The maximum Gasteiger partial charge on any atom is 0.141 e. The summed E-state index contributed by atoms with van der Waals surface area (Å²) in [6.07, 6.45) is 3.63. The van der Waals surface area contributed by atoms with Gasteiger partial charge in [0.05, 0.1) is 17.6 Å². The van der Waals surface area contributed by atoms with Crippen LogP contribution in [0, 0.1) is 0 Å². The van der Waals surface area contributed by atoms with Gasteiger partial charge in [0.25, 0.3) is 0 Å². The van der Waals surface area contributed by atoms with Gasteiger partial charge in [0.2, 0.25) is 0 Å². The molecule has 0 radical (unpaired) electrons. The summed E-state index contributed by atoms with van der Waals surface area (Å²) in [5.74, 6) is 0.974. The summed E-state index contributed by atoms with van der Waals surface area (Å²) in [5, 5.41) is 2.55. The van der Waals surface area contributed by atoms with Crippen LogP contribution in [-0.4, -0.2) is 14.5 Å². The van der Waals surface area contributed by atoms with Crippen LogP contribution in [0.1, 0.15) is 5.56 Å². The Balaban J connectivity index is 1.73. The molecule has 0 N–H and O–H groups in total. The van der Waals surface area contributed by atoms with Crippen LogP contribution in [0.25, 0.3) is 33.2 Å². The fraction of sp³-hybridized carbons (Fsp3) is 0.0435. The Morgan fingerprint density at radius 3 is 2.42 bits per heavy atom. The summed E-state index contributed by atoms with van der Waals surface area (Å²) in [7, 11) is 0. The lowest BCUT2D eigenvalue weighted by Crippen LogP contribution is -2.03. The van der Waals surface area contributed by atoms with E-state index in [0.717, 1.165) is 29.0 Å². The van der Waals surface area contributed by atoms with Gasteiger partial charge in [-0.2, -0.15) is 0 Å². The van der Waals surface area contributed by atoms with E-state index in [1.54, 1.807) is 0 Å². The summed E-state index contributed by atoms with van der Waals surface area (Å²) >= 11 is 0. The van der Waals surface area contributed by atoms with Crippen LogP contribution in [0.2, 0.25) is 0 Å². The second-order valence-electron chi connectivity index (χ2n) is 6.38. The predicted molar refractivity (Wildman–Crippen MR) is 106 cm³/mol. The Labute approximate surface area is 151 Å². The van der Waals surface area contributed by atoms with Crippen molar-refractivity contribution < 1.29 is 0 Å². The summed E-state index contributed by atoms with van der Waals surface area (Å²) < 4.78 is 2.30. The first-order valence-corrected chi connectivity index (χ1v) is 8.72. The molecule has 0 fully saturated rings. The molecule has 0 saturated heterocycles. The fourth-order valence-electron chi connectivity index (χ4n) is 3.56. The summed E-state index contributed by atoms with van der Waals surface area (Å²) in [6.45, 7) is 0.777. The Bertz CT molecular complexity index is 1200. The zero-order valence-corrected chi connectivity index (χ0v) is 14.2. The molecule has 26 heavy (non-hydrogen) atoms. The van der Waals surface area contributed by atoms with E-state index in [2.05, 4.69) is 70.2 Å². The van der Waals surface area contributed by atoms with Crippen LogP contribution in [0.15, 0.2) is 91.3 Å². The lowest BCUT2D eigenvalue weighted by molar-refractivity contribution is 0.840. The van der Waals surface area contributed by atoms with E-state index in [1.807, 2.05) is 30.6 Å². The van der Waals surface area contributed by atoms with Crippen molar-refractivity contribution >= 4 is 21.8 Å². The SMILES string of the molecule is c1ccc2c(Cn3c(-c4ccncc4)nc4ccccc43)cccc2c1. The molecule has 3 aromatic carbocycles. The third kappa shape index (κ3) is 2.45. The van der Waals surface area contributed by atoms with Crippen LogP contribution in [0.4, 0.5) is 0 Å². The van der Waals surface area contributed by atoms with Gasteiger partial charge >= 0.3 is 0 Å². The largest absolute Gasteiger partial charge is 0.319 e. The van der Waals surface area contributed by atoms with Gasteiger partial charge in [-0.25, -0.2) is 4.98 Å². The maximum atomic E-state index is 4.89. The van der Waals surface area contributed by atoms with Gasteiger partial charge in [-0.05, 0) is 40.6 Å². The van der Waals surface area contributed by atoms with Crippen molar-refractivity contribution in [3.63, 3.8) is 0 Å². The van der Waals surface area contributed by atoms with Gasteiger partial charge in [0.1, 0.15) is 5.82 Å². The standard InChI is InChI=1S/C23H17N3/c1-2-9-20-17(6-1)7-5-8-19(20)16-26-22-11-4-3-10-21(22)25-23(26)18-12-14-24-15-13-18/h1-15H,16H2. The molecule has 0 spiro atoms. The van der Waals surface area contributed by atoms with Crippen molar-refractivity contribution in [3.05, 3.63) is 96.8 Å². The first kappa shape index (κ1) is 14.8. The molecule has 0 saturated carbocycles. The van der Waals surface area contributed by atoms with Crippen LogP contribution in [0.5, 0.6) is 0 Å². The number of benzene rings is 3. The summed E-state index contributed by atoms with van der Waals surface area (Å²) in [5.41, 5.74) is 4.53. The lowest BCUT2D eigenvalue weighted by Gasteiger charge is -2.12. The van der Waals surface area contributed by atoms with E-state index >= 15 is 0 Å². The second-order valence-corrected chi connectivity index (χ2v) is 6.38. The lowest BCUT2D eigenvalue weighted by atomic mass is 10.0. The van der Waals surface area contributed by atoms with Gasteiger partial charge in [0, 0.05) is 18.0 Å². The average Bonchev–Trinajstić information content (AvgIpc) is 3.08. The fourth-order valence-corrected chi connectivity index (χ4v) is 3.56. The highest BCUT2D eigenvalue weighted by atomic mass is 15.1. The van der Waals surface area contributed by atoms with Gasteiger partial charge in [-0.1, -0.05) is 54.6 Å². The first-order chi connectivity index (χ1) is 12.9. The number of para-hydroxylation sites is 2. The Kier molecular flexibility index (Phi) is 3.49. The molecule has 2 heterocycles. The van der Waals surface area contributed by atoms with Crippen molar-refractivity contribution in [2.45, 2.75) is 6.54 Å². The number of aromatic nitrogens is 3. The molecule has 0 unspecified atom stereocenters. The summed E-state index contributed by atoms with van der Waals surface area (Å²) in [4.78, 5) is 9.04. The van der Waals surface area contributed by atoms with E-state index in [4.69, 9.17) is 4.98 Å². The molecular weight excluding hydrogens is 318 g/mol. The van der Waals surface area contributed by atoms with E-state index in [1.165, 1.54) is 16.3 Å². The molecule has 5 aromatic rings. The van der Waals surface area contributed by atoms with E-state index < -0.39 is 0 Å². The van der Waals surface area contributed by atoms with Gasteiger partial charge in [-0.15, -0.1) is 0 Å². The Morgan fingerprint density at radius 1 is 0.731 bits per heavy atom. The molecule has 0 amide bonds. The molecule has 0 aliphatic carbocycles. The van der Waals surface area contributed by atoms with Crippen molar-refractivity contribution in [2.24, 2.45) is 0 Å². The van der Waals surface area contributed by atoms with Gasteiger partial charge in [-0.3, -0.25) is 4.98 Å². The van der Waals surface area contributed by atoms with Crippen molar-refractivity contribution in [1.82, 2.24) is 14.5 Å². The van der Waals surface area contributed by atoms with E-state index in [-0.39, 0.29) is 0 Å². The van der Waals surface area contributed by atoms with Crippen LogP contribution >= 0.6 is 0 Å². The Hall–Kier alpha value is -3.46. The van der Waals surface area contributed by atoms with Crippen LogP contribution in [-0.2, 0) is 6.54 Å². The van der Waals surface area contributed by atoms with Gasteiger partial charge in [0.15, 0.2) is 0 Å². The Morgan fingerprint density at radius 2 is 1.50 bits per heavy atom. The number of fused-ring (bicyclic) bond motifs is 2. The zero-order chi connectivity index (χ0) is 17.3. The minimum Gasteiger partial charge on any atom is -0.319 e. The molecular formula is C23H17N3. The predicted octanol–water partition coefficient (Wildman–Crippen LogP) is 5.30. The highest BCUT2D eigenvalue weighted by Crippen LogP contribution is 2.27. The van der Waals surface area contributed by atoms with E-state index in [0.29, 0.717) is 0 Å². The third-order valence-electron chi connectivity index (χ3n) is 4.80. The number of rotatable bonds is 3. The number of nitrogens with zero attached hydrogens (tertiary/aromatic N) is 3.